The van der Waals surface area contributed by atoms with Gasteiger partial charge in [0.1, 0.15) is 18.0 Å². The summed E-state index contributed by atoms with van der Waals surface area (Å²) in [6.07, 6.45) is 5.54. The van der Waals surface area contributed by atoms with E-state index in [1.807, 2.05) is 0 Å². The number of hydrogen-bond donors (Lipinski definition) is 3. The molecule has 0 bridgehead atoms. The van der Waals surface area contributed by atoms with Gasteiger partial charge in [-0.2, -0.15) is 0 Å². The number of ether oxygens (including phenoxy) is 2. The van der Waals surface area contributed by atoms with Crippen molar-refractivity contribution < 1.29 is 48.8 Å². The van der Waals surface area contributed by atoms with Crippen molar-refractivity contribution in [2.45, 2.75) is 123 Å². The van der Waals surface area contributed by atoms with Crippen LogP contribution >= 0.6 is 0 Å². The number of hydrogen-bond acceptors (Lipinski definition) is 9. The second-order valence-electron chi connectivity index (χ2n) is 16.0. The molecule has 0 aromatic carbocycles. The molecule has 3 N–H and O–H groups in total. The lowest BCUT2D eigenvalue weighted by molar-refractivity contribution is -0.203. The minimum absolute atomic E-state index is 0.0329. The van der Waals surface area contributed by atoms with Gasteiger partial charge in [0.05, 0.1) is 19.4 Å². The number of nitrogens with zero attached hydrogens (tertiary/aromatic N) is 1. The Morgan fingerprint density at radius 3 is 2.20 bits per heavy atom. The molecule has 11 heteroatoms. The SMILES string of the molecule is CC(=O)[C@H]1CC[C@H]2[C@@H]3CCC4CC(OC(=O)CC(O)(CC(=O)O)C(=O)O)CC[C@]4(C)[C@H]3C(OC(=O)CN3CCC(C)CC3)C[C@]12C. The number of carbonyl (C=O) groups is 5. The maximum Gasteiger partial charge on any atom is 0.336 e. The number of likely N-dealkylation sites (tertiary alicyclic amines) is 1. The first-order chi connectivity index (χ1) is 21.6. The van der Waals surface area contributed by atoms with Crippen LogP contribution in [0, 0.1) is 46.3 Å². The lowest BCUT2D eigenvalue weighted by atomic mass is 9.43. The van der Waals surface area contributed by atoms with Crippen LogP contribution in [-0.2, 0) is 33.4 Å². The van der Waals surface area contributed by atoms with Crippen molar-refractivity contribution in [3.8, 4) is 0 Å². The minimum atomic E-state index is -2.73. The molecule has 1 heterocycles. The third-order valence-corrected chi connectivity index (χ3v) is 13.1. The molecule has 0 radical (unpaired) electrons. The molecule has 5 rings (SSSR count). The fraction of sp³-hybridized carbons (Fsp3) is 0.857. The Morgan fingerprint density at radius 2 is 1.57 bits per heavy atom. The number of esters is 2. The molecular weight excluding hydrogens is 594 g/mol. The summed E-state index contributed by atoms with van der Waals surface area (Å²) in [5, 5.41) is 28.8. The van der Waals surface area contributed by atoms with Crippen molar-refractivity contribution >= 4 is 29.7 Å². The quantitative estimate of drug-likeness (QED) is 0.292. The molecule has 0 aromatic heterocycles. The summed E-state index contributed by atoms with van der Waals surface area (Å²) in [5.41, 5.74) is -3.13. The van der Waals surface area contributed by atoms with Crippen LogP contribution in [0.4, 0.5) is 0 Å². The molecule has 258 valence electrons. The molecule has 4 aliphatic carbocycles. The molecule has 4 saturated carbocycles. The highest BCUT2D eigenvalue weighted by Crippen LogP contribution is 2.68. The van der Waals surface area contributed by atoms with E-state index in [0.717, 1.165) is 58.0 Å². The van der Waals surface area contributed by atoms with E-state index in [1.165, 1.54) is 0 Å². The van der Waals surface area contributed by atoms with Gasteiger partial charge in [-0.15, -0.1) is 0 Å². The lowest BCUT2D eigenvalue weighted by Crippen LogP contribution is -2.60. The molecule has 10 atom stereocenters. The Hall–Kier alpha value is -2.53. The van der Waals surface area contributed by atoms with Gasteiger partial charge < -0.3 is 24.8 Å². The monoisotopic (exact) mass is 647 g/mol. The van der Waals surface area contributed by atoms with Crippen molar-refractivity contribution in [1.29, 1.82) is 0 Å². The highest BCUT2D eigenvalue weighted by Gasteiger charge is 2.65. The molecule has 0 amide bonds. The highest BCUT2D eigenvalue weighted by molar-refractivity contribution is 5.88. The zero-order valence-corrected chi connectivity index (χ0v) is 27.9. The predicted molar refractivity (Wildman–Crippen MR) is 165 cm³/mol. The first kappa shape index (κ1) is 34.8. The molecule has 46 heavy (non-hydrogen) atoms. The van der Waals surface area contributed by atoms with Crippen LogP contribution in [0.3, 0.4) is 0 Å². The maximum absolute atomic E-state index is 13.5. The van der Waals surface area contributed by atoms with E-state index in [-0.39, 0.29) is 53.0 Å². The van der Waals surface area contributed by atoms with Gasteiger partial charge in [-0.1, -0.05) is 20.8 Å². The molecule has 5 fully saturated rings. The van der Waals surface area contributed by atoms with E-state index >= 15 is 0 Å². The lowest BCUT2D eigenvalue weighted by Gasteiger charge is -2.62. The van der Waals surface area contributed by atoms with Crippen molar-refractivity contribution in [3.63, 3.8) is 0 Å². The molecule has 5 aliphatic rings. The minimum Gasteiger partial charge on any atom is -0.481 e. The number of Topliss-reactive ketones (excluding diaryl/α,β-unsaturated/α-hetero) is 1. The van der Waals surface area contributed by atoms with E-state index in [1.54, 1.807) is 6.92 Å². The normalized spacial score (nSPS) is 39.2. The average molecular weight is 648 g/mol. The molecule has 1 aliphatic heterocycles. The second kappa shape index (κ2) is 13.2. The Kier molecular flexibility index (Phi) is 9.96. The van der Waals surface area contributed by atoms with Crippen molar-refractivity contribution in [1.82, 2.24) is 4.90 Å². The number of aliphatic hydroxyl groups is 1. The Bertz CT molecular complexity index is 1210. The van der Waals surface area contributed by atoms with Crippen LogP contribution in [0.1, 0.15) is 105 Å². The van der Waals surface area contributed by atoms with E-state index in [0.29, 0.717) is 37.0 Å². The summed E-state index contributed by atoms with van der Waals surface area (Å²) >= 11 is 0. The van der Waals surface area contributed by atoms with Crippen LogP contribution in [0.15, 0.2) is 0 Å². The van der Waals surface area contributed by atoms with Gasteiger partial charge >= 0.3 is 23.9 Å². The van der Waals surface area contributed by atoms with Gasteiger partial charge in [0.15, 0.2) is 5.60 Å². The van der Waals surface area contributed by atoms with Crippen LogP contribution in [0.2, 0.25) is 0 Å². The standard InChI is InChI=1S/C35H53NO10/c1-20-10-13-36(14-11-20)19-30(41)46-27-16-34(4)25(21(2)37)7-8-26(34)24-6-5-22-15-23(9-12-33(22,3)31(24)27)45-29(40)18-35(44,32(42)43)17-28(38)39/h20,22-27,31,44H,5-19H2,1-4H3,(H,38,39)(H,42,43)/t22?,23?,24-,25+,26-,27?,31+,33-,34+,35?/m0/s1. The summed E-state index contributed by atoms with van der Waals surface area (Å²) in [5.74, 6) is -2.59. The summed E-state index contributed by atoms with van der Waals surface area (Å²) in [6, 6.07) is 0. The zero-order chi connectivity index (χ0) is 33.6. The number of rotatable bonds is 10. The van der Waals surface area contributed by atoms with E-state index in [2.05, 4.69) is 25.7 Å². The summed E-state index contributed by atoms with van der Waals surface area (Å²) in [6.45, 7) is 10.5. The van der Waals surface area contributed by atoms with E-state index < -0.39 is 42.5 Å². The zero-order valence-electron chi connectivity index (χ0n) is 27.9. The number of carboxylic acids is 2. The van der Waals surface area contributed by atoms with Crippen molar-refractivity contribution in [3.05, 3.63) is 0 Å². The van der Waals surface area contributed by atoms with Gasteiger partial charge in [-0.3, -0.25) is 24.1 Å². The number of ketones is 1. The molecule has 0 aromatic rings. The number of fused-ring (bicyclic) bond motifs is 5. The van der Waals surface area contributed by atoms with Gasteiger partial charge in [-0.05, 0) is 119 Å². The van der Waals surface area contributed by atoms with Gasteiger partial charge in [0.25, 0.3) is 0 Å². The Labute approximate surface area is 271 Å². The number of carboxylic acid groups (broad SMARTS) is 2. The van der Waals surface area contributed by atoms with Crippen LogP contribution in [-0.4, -0.2) is 87.3 Å². The maximum atomic E-state index is 13.5. The van der Waals surface area contributed by atoms with Crippen molar-refractivity contribution in [2.24, 2.45) is 46.3 Å². The van der Waals surface area contributed by atoms with Crippen LogP contribution in [0.25, 0.3) is 0 Å². The van der Waals surface area contributed by atoms with Gasteiger partial charge in [-0.25, -0.2) is 4.79 Å². The smallest absolute Gasteiger partial charge is 0.336 e. The molecule has 1 saturated heterocycles. The summed E-state index contributed by atoms with van der Waals surface area (Å²) in [4.78, 5) is 64.0. The summed E-state index contributed by atoms with van der Waals surface area (Å²) in [7, 11) is 0. The first-order valence-corrected chi connectivity index (χ1v) is 17.3. The average Bonchev–Trinajstić information content (AvgIpc) is 3.30. The molecule has 0 spiro atoms. The van der Waals surface area contributed by atoms with Crippen LogP contribution in [0.5, 0.6) is 0 Å². The highest BCUT2D eigenvalue weighted by atomic mass is 16.5. The number of aliphatic carboxylic acids is 2. The van der Waals surface area contributed by atoms with Gasteiger partial charge in [0, 0.05) is 11.8 Å². The van der Waals surface area contributed by atoms with Crippen molar-refractivity contribution in [2.75, 3.05) is 19.6 Å². The number of carbonyl (C=O) groups excluding carboxylic acids is 3. The predicted octanol–water partition coefficient (Wildman–Crippen LogP) is 4.08. The van der Waals surface area contributed by atoms with E-state index in [9.17, 15) is 34.2 Å². The molecule has 11 nitrogen and oxygen atoms in total. The Balaban J connectivity index is 1.32. The van der Waals surface area contributed by atoms with E-state index in [4.69, 9.17) is 14.6 Å². The third kappa shape index (κ3) is 6.73. The largest absolute Gasteiger partial charge is 0.481 e. The van der Waals surface area contributed by atoms with Gasteiger partial charge in [0.2, 0.25) is 0 Å². The fourth-order valence-corrected chi connectivity index (χ4v) is 10.7. The first-order valence-electron chi connectivity index (χ1n) is 17.3. The number of piperidine rings is 1. The summed E-state index contributed by atoms with van der Waals surface area (Å²) < 4.78 is 12.2. The molecular formula is C35H53NO10. The second-order valence-corrected chi connectivity index (χ2v) is 16.0. The Morgan fingerprint density at radius 1 is 0.870 bits per heavy atom. The fourth-order valence-electron chi connectivity index (χ4n) is 10.7. The van der Waals surface area contributed by atoms with Crippen LogP contribution < -0.4 is 0 Å². The topological polar surface area (TPSA) is 168 Å². The molecule has 4 unspecified atom stereocenters. The third-order valence-electron chi connectivity index (χ3n) is 13.1.